The molecule has 1 unspecified atom stereocenters. The summed E-state index contributed by atoms with van der Waals surface area (Å²) >= 11 is 4.82. The minimum atomic E-state index is -0.430. The quantitative estimate of drug-likeness (QED) is 0.815. The van der Waals surface area contributed by atoms with Gasteiger partial charge in [-0.1, -0.05) is 24.4 Å². The first-order valence-electron chi connectivity index (χ1n) is 5.07. The first-order valence-corrected chi connectivity index (χ1v) is 5.48. The zero-order chi connectivity index (χ0) is 12.3. The lowest BCUT2D eigenvalue weighted by Crippen LogP contribution is -2.37. The molecule has 0 radical (unpaired) electrons. The second kappa shape index (κ2) is 5.07. The van der Waals surface area contributed by atoms with Crippen LogP contribution in [0.4, 0.5) is 5.69 Å². The number of carbonyl (C=O) groups excluding carboxylic acids is 1. The molecule has 1 aromatic rings. The Morgan fingerprint density at radius 2 is 2.12 bits per heavy atom. The second-order valence-electron chi connectivity index (χ2n) is 3.86. The SMILES string of the molecule is Cc1cccc(N(C)C(=O)C(C)C(N)=S)c1. The van der Waals surface area contributed by atoms with E-state index in [0.29, 0.717) is 0 Å². The molecule has 86 valence electrons. The Bertz CT molecular complexity index is 417. The molecule has 0 saturated heterocycles. The third-order valence-electron chi connectivity index (χ3n) is 2.52. The molecule has 1 amide bonds. The lowest BCUT2D eigenvalue weighted by Gasteiger charge is -2.21. The van der Waals surface area contributed by atoms with Crippen molar-refractivity contribution >= 4 is 28.8 Å². The maximum absolute atomic E-state index is 12.0. The molecule has 0 fully saturated rings. The maximum atomic E-state index is 12.0. The fourth-order valence-corrected chi connectivity index (χ4v) is 1.48. The number of benzene rings is 1. The first-order chi connectivity index (χ1) is 7.43. The molecule has 0 spiro atoms. The number of anilines is 1. The summed E-state index contributed by atoms with van der Waals surface area (Å²) in [5.74, 6) is -0.515. The van der Waals surface area contributed by atoms with Gasteiger partial charge in [0.05, 0.1) is 10.9 Å². The molecule has 2 N–H and O–H groups in total. The standard InChI is InChI=1S/C12H16N2OS/c1-8-5-4-6-10(7-8)14(3)12(15)9(2)11(13)16/h4-7,9H,1-3H3,(H2,13,16). The molecule has 0 aromatic heterocycles. The van der Waals surface area contributed by atoms with Gasteiger partial charge in [-0.25, -0.2) is 0 Å². The Kier molecular flexibility index (Phi) is 4.01. The Labute approximate surface area is 101 Å². The summed E-state index contributed by atoms with van der Waals surface area (Å²) in [6.45, 7) is 3.70. The van der Waals surface area contributed by atoms with Crippen molar-refractivity contribution in [1.82, 2.24) is 0 Å². The van der Waals surface area contributed by atoms with Gasteiger partial charge in [-0.2, -0.15) is 0 Å². The van der Waals surface area contributed by atoms with Crippen LogP contribution in [0.3, 0.4) is 0 Å². The van der Waals surface area contributed by atoms with E-state index in [1.165, 1.54) is 0 Å². The largest absolute Gasteiger partial charge is 0.393 e. The van der Waals surface area contributed by atoms with Crippen LogP contribution in [0, 0.1) is 12.8 Å². The average molecular weight is 236 g/mol. The Balaban J connectivity index is 2.90. The molecule has 0 saturated carbocycles. The summed E-state index contributed by atoms with van der Waals surface area (Å²) < 4.78 is 0. The van der Waals surface area contributed by atoms with Gasteiger partial charge in [0, 0.05) is 12.7 Å². The zero-order valence-electron chi connectivity index (χ0n) is 9.73. The van der Waals surface area contributed by atoms with Crippen LogP contribution in [0.15, 0.2) is 24.3 Å². The van der Waals surface area contributed by atoms with Gasteiger partial charge in [0.15, 0.2) is 0 Å². The van der Waals surface area contributed by atoms with Crippen molar-refractivity contribution in [1.29, 1.82) is 0 Å². The minimum absolute atomic E-state index is 0.0851. The number of amides is 1. The van der Waals surface area contributed by atoms with Gasteiger partial charge in [-0.3, -0.25) is 4.79 Å². The summed E-state index contributed by atoms with van der Waals surface area (Å²) in [6, 6.07) is 7.74. The summed E-state index contributed by atoms with van der Waals surface area (Å²) in [5, 5.41) is 0. The number of nitrogens with zero attached hydrogens (tertiary/aromatic N) is 1. The summed E-state index contributed by atoms with van der Waals surface area (Å²) in [6.07, 6.45) is 0. The average Bonchev–Trinajstić information content (AvgIpc) is 2.26. The molecular formula is C12H16N2OS. The smallest absolute Gasteiger partial charge is 0.236 e. The molecular weight excluding hydrogens is 220 g/mol. The normalized spacial score (nSPS) is 11.9. The van der Waals surface area contributed by atoms with Crippen molar-refractivity contribution in [2.75, 3.05) is 11.9 Å². The van der Waals surface area contributed by atoms with Crippen LogP contribution in [0.2, 0.25) is 0 Å². The van der Waals surface area contributed by atoms with Gasteiger partial charge in [0.1, 0.15) is 0 Å². The summed E-state index contributed by atoms with van der Waals surface area (Å²) in [5.41, 5.74) is 7.43. The van der Waals surface area contributed by atoms with Crippen molar-refractivity contribution in [2.45, 2.75) is 13.8 Å². The Morgan fingerprint density at radius 3 is 2.62 bits per heavy atom. The number of rotatable bonds is 3. The lowest BCUT2D eigenvalue weighted by atomic mass is 10.1. The maximum Gasteiger partial charge on any atom is 0.236 e. The van der Waals surface area contributed by atoms with Crippen LogP contribution in [-0.4, -0.2) is 17.9 Å². The van der Waals surface area contributed by atoms with Crippen LogP contribution in [-0.2, 0) is 4.79 Å². The predicted octanol–water partition coefficient (Wildman–Crippen LogP) is 1.88. The van der Waals surface area contributed by atoms with Crippen LogP contribution < -0.4 is 10.6 Å². The second-order valence-corrected chi connectivity index (χ2v) is 4.33. The topological polar surface area (TPSA) is 46.3 Å². The van der Waals surface area contributed by atoms with E-state index in [2.05, 4.69) is 0 Å². The minimum Gasteiger partial charge on any atom is -0.393 e. The van der Waals surface area contributed by atoms with Gasteiger partial charge >= 0.3 is 0 Å². The molecule has 0 aliphatic rings. The molecule has 0 aliphatic carbocycles. The van der Waals surface area contributed by atoms with E-state index in [1.807, 2.05) is 31.2 Å². The molecule has 0 bridgehead atoms. The van der Waals surface area contributed by atoms with Gasteiger partial charge < -0.3 is 10.6 Å². The van der Waals surface area contributed by atoms with Gasteiger partial charge in [-0.15, -0.1) is 0 Å². The summed E-state index contributed by atoms with van der Waals surface area (Å²) in [7, 11) is 1.73. The van der Waals surface area contributed by atoms with Crippen LogP contribution in [0.1, 0.15) is 12.5 Å². The molecule has 1 rings (SSSR count). The van der Waals surface area contributed by atoms with Crippen molar-refractivity contribution in [3.8, 4) is 0 Å². The van der Waals surface area contributed by atoms with Gasteiger partial charge in [0.2, 0.25) is 5.91 Å². The van der Waals surface area contributed by atoms with Crippen molar-refractivity contribution in [3.63, 3.8) is 0 Å². The number of nitrogens with two attached hydrogens (primary N) is 1. The lowest BCUT2D eigenvalue weighted by molar-refractivity contribution is -0.119. The van der Waals surface area contributed by atoms with E-state index in [0.717, 1.165) is 11.3 Å². The third kappa shape index (κ3) is 2.79. The van der Waals surface area contributed by atoms with E-state index in [9.17, 15) is 4.79 Å². The van der Waals surface area contributed by atoms with Crippen molar-refractivity contribution in [3.05, 3.63) is 29.8 Å². The van der Waals surface area contributed by atoms with E-state index >= 15 is 0 Å². The predicted molar refractivity (Wildman–Crippen MR) is 70.5 cm³/mol. The van der Waals surface area contributed by atoms with Crippen molar-refractivity contribution in [2.24, 2.45) is 11.7 Å². The number of carbonyl (C=O) groups is 1. The molecule has 4 heteroatoms. The highest BCUT2D eigenvalue weighted by molar-refractivity contribution is 7.80. The molecule has 0 heterocycles. The number of thiocarbonyl (C=S) groups is 1. The van der Waals surface area contributed by atoms with Gasteiger partial charge in [-0.05, 0) is 31.5 Å². The molecule has 3 nitrogen and oxygen atoms in total. The van der Waals surface area contributed by atoms with Gasteiger partial charge in [0.25, 0.3) is 0 Å². The van der Waals surface area contributed by atoms with E-state index in [1.54, 1.807) is 18.9 Å². The Morgan fingerprint density at radius 1 is 1.50 bits per heavy atom. The highest BCUT2D eigenvalue weighted by Crippen LogP contribution is 2.16. The highest BCUT2D eigenvalue weighted by Gasteiger charge is 2.20. The van der Waals surface area contributed by atoms with Crippen LogP contribution in [0.25, 0.3) is 0 Å². The van der Waals surface area contributed by atoms with E-state index < -0.39 is 5.92 Å². The molecule has 0 aliphatic heterocycles. The fraction of sp³-hybridized carbons (Fsp3) is 0.333. The number of hydrogen-bond acceptors (Lipinski definition) is 2. The molecule has 1 atom stereocenters. The highest BCUT2D eigenvalue weighted by atomic mass is 32.1. The summed E-state index contributed by atoms with van der Waals surface area (Å²) in [4.78, 5) is 13.8. The number of aryl methyl sites for hydroxylation is 1. The van der Waals surface area contributed by atoms with Crippen LogP contribution in [0.5, 0.6) is 0 Å². The first kappa shape index (κ1) is 12.6. The van der Waals surface area contributed by atoms with E-state index in [4.69, 9.17) is 18.0 Å². The molecule has 16 heavy (non-hydrogen) atoms. The molecule has 1 aromatic carbocycles. The third-order valence-corrected chi connectivity index (χ3v) is 2.87. The fourth-order valence-electron chi connectivity index (χ4n) is 1.38. The zero-order valence-corrected chi connectivity index (χ0v) is 10.5. The Hall–Kier alpha value is -1.42. The van der Waals surface area contributed by atoms with E-state index in [-0.39, 0.29) is 10.9 Å². The monoisotopic (exact) mass is 236 g/mol. The van der Waals surface area contributed by atoms with Crippen molar-refractivity contribution < 1.29 is 4.79 Å². The van der Waals surface area contributed by atoms with Crippen LogP contribution >= 0.6 is 12.2 Å². The number of hydrogen-bond donors (Lipinski definition) is 1.